The summed E-state index contributed by atoms with van der Waals surface area (Å²) in [7, 11) is 1.66. The van der Waals surface area contributed by atoms with Crippen molar-refractivity contribution in [2.45, 2.75) is 19.9 Å². The van der Waals surface area contributed by atoms with Gasteiger partial charge in [-0.25, -0.2) is 0 Å². The van der Waals surface area contributed by atoms with Gasteiger partial charge in [-0.3, -0.25) is 0 Å². The Morgan fingerprint density at radius 2 is 1.84 bits per heavy atom. The van der Waals surface area contributed by atoms with Crippen molar-refractivity contribution in [1.82, 2.24) is 0 Å². The molecule has 0 aliphatic rings. The summed E-state index contributed by atoms with van der Waals surface area (Å²) in [6.07, 6.45) is 0. The van der Waals surface area contributed by atoms with E-state index in [1.807, 2.05) is 18.2 Å². The second-order valence-corrected chi connectivity index (χ2v) is 5.51. The molecule has 19 heavy (non-hydrogen) atoms. The van der Waals surface area contributed by atoms with E-state index < -0.39 is 0 Å². The van der Waals surface area contributed by atoms with Gasteiger partial charge < -0.3 is 10.5 Å². The fourth-order valence-electron chi connectivity index (χ4n) is 2.17. The van der Waals surface area contributed by atoms with Crippen LogP contribution < -0.4 is 10.5 Å². The first-order chi connectivity index (χ1) is 9.04. The number of ether oxygens (including phenoxy) is 1. The molecule has 0 aliphatic carbocycles. The van der Waals surface area contributed by atoms with E-state index in [1.165, 1.54) is 11.1 Å². The maximum atomic E-state index is 6.41. The van der Waals surface area contributed by atoms with E-state index in [4.69, 9.17) is 10.5 Å². The molecular formula is C16H18BrNO. The molecule has 0 spiro atoms. The number of methoxy groups -OCH3 is 1. The highest BCUT2D eigenvalue weighted by molar-refractivity contribution is 9.10. The Morgan fingerprint density at radius 1 is 1.11 bits per heavy atom. The number of hydrogen-bond donors (Lipinski definition) is 1. The summed E-state index contributed by atoms with van der Waals surface area (Å²) in [5.74, 6) is 0.823. The van der Waals surface area contributed by atoms with Gasteiger partial charge in [0.05, 0.1) is 13.2 Å². The molecule has 0 aromatic heterocycles. The van der Waals surface area contributed by atoms with Crippen LogP contribution in [0.4, 0.5) is 0 Å². The lowest BCUT2D eigenvalue weighted by atomic mass is 9.93. The number of hydrogen-bond acceptors (Lipinski definition) is 2. The number of nitrogens with two attached hydrogens (primary N) is 1. The molecule has 0 aliphatic heterocycles. The van der Waals surface area contributed by atoms with Gasteiger partial charge in [0, 0.05) is 4.47 Å². The summed E-state index contributed by atoms with van der Waals surface area (Å²) in [5.41, 5.74) is 11.1. The zero-order valence-electron chi connectivity index (χ0n) is 11.4. The highest BCUT2D eigenvalue weighted by Crippen LogP contribution is 2.31. The van der Waals surface area contributed by atoms with Crippen LogP contribution in [0.25, 0.3) is 0 Å². The Bertz CT molecular complexity index is 595. The van der Waals surface area contributed by atoms with Crippen LogP contribution in [0.3, 0.4) is 0 Å². The Labute approximate surface area is 122 Å². The van der Waals surface area contributed by atoms with Gasteiger partial charge in [-0.05, 0) is 48.2 Å². The molecule has 0 bridgehead atoms. The predicted molar refractivity (Wildman–Crippen MR) is 82.6 cm³/mol. The smallest absolute Gasteiger partial charge is 0.120 e. The van der Waals surface area contributed by atoms with Gasteiger partial charge in [0.1, 0.15) is 5.75 Å². The first kappa shape index (κ1) is 14.1. The molecule has 2 N–H and O–H groups in total. The largest absolute Gasteiger partial charge is 0.497 e. The van der Waals surface area contributed by atoms with Gasteiger partial charge >= 0.3 is 0 Å². The van der Waals surface area contributed by atoms with Crippen LogP contribution in [0, 0.1) is 13.8 Å². The molecule has 3 heteroatoms. The average Bonchev–Trinajstić information content (AvgIpc) is 2.41. The van der Waals surface area contributed by atoms with Crippen molar-refractivity contribution < 1.29 is 4.74 Å². The third-order valence-corrected chi connectivity index (χ3v) is 4.21. The Morgan fingerprint density at radius 3 is 2.47 bits per heavy atom. The SMILES string of the molecule is COc1ccc(C(N)c2cccc(C)c2C)c(Br)c1. The summed E-state index contributed by atoms with van der Waals surface area (Å²) in [4.78, 5) is 0. The third kappa shape index (κ3) is 2.82. The second kappa shape index (κ2) is 5.76. The van der Waals surface area contributed by atoms with Crippen molar-refractivity contribution >= 4 is 15.9 Å². The minimum atomic E-state index is -0.139. The van der Waals surface area contributed by atoms with Crippen LogP contribution in [0.5, 0.6) is 5.75 Å². The summed E-state index contributed by atoms with van der Waals surface area (Å²) in [6.45, 7) is 4.22. The van der Waals surface area contributed by atoms with Gasteiger partial charge in [-0.1, -0.05) is 40.2 Å². The molecular weight excluding hydrogens is 302 g/mol. The summed E-state index contributed by atoms with van der Waals surface area (Å²) in [6, 6.07) is 12.0. The fourth-order valence-corrected chi connectivity index (χ4v) is 2.77. The lowest BCUT2D eigenvalue weighted by Gasteiger charge is -2.18. The van der Waals surface area contributed by atoms with Crippen molar-refractivity contribution in [2.75, 3.05) is 7.11 Å². The lowest BCUT2D eigenvalue weighted by molar-refractivity contribution is 0.414. The van der Waals surface area contributed by atoms with Crippen molar-refractivity contribution in [3.63, 3.8) is 0 Å². The standard InChI is InChI=1S/C16H18BrNO/c1-10-5-4-6-13(11(10)2)16(18)14-8-7-12(19-3)9-15(14)17/h4-9,16H,18H2,1-3H3. The fraction of sp³-hybridized carbons (Fsp3) is 0.250. The molecule has 2 nitrogen and oxygen atoms in total. The van der Waals surface area contributed by atoms with E-state index in [-0.39, 0.29) is 6.04 Å². The van der Waals surface area contributed by atoms with E-state index >= 15 is 0 Å². The normalized spacial score (nSPS) is 12.3. The van der Waals surface area contributed by atoms with Crippen molar-refractivity contribution in [1.29, 1.82) is 0 Å². The molecule has 100 valence electrons. The molecule has 0 fully saturated rings. The number of rotatable bonds is 3. The van der Waals surface area contributed by atoms with Crippen LogP contribution in [0.2, 0.25) is 0 Å². The van der Waals surface area contributed by atoms with E-state index in [0.717, 1.165) is 21.3 Å². The van der Waals surface area contributed by atoms with Gasteiger partial charge in [0.15, 0.2) is 0 Å². The molecule has 2 rings (SSSR count). The van der Waals surface area contributed by atoms with Crippen LogP contribution >= 0.6 is 15.9 Å². The first-order valence-electron chi connectivity index (χ1n) is 6.19. The summed E-state index contributed by atoms with van der Waals surface area (Å²) < 4.78 is 6.18. The molecule has 0 saturated carbocycles. The van der Waals surface area contributed by atoms with E-state index in [9.17, 15) is 0 Å². The molecule has 0 heterocycles. The van der Waals surface area contributed by atoms with Crippen molar-refractivity contribution in [3.05, 3.63) is 63.1 Å². The number of halogens is 1. The van der Waals surface area contributed by atoms with Crippen LogP contribution in [0.15, 0.2) is 40.9 Å². The van der Waals surface area contributed by atoms with E-state index in [2.05, 4.69) is 48.0 Å². The van der Waals surface area contributed by atoms with Crippen LogP contribution in [0.1, 0.15) is 28.3 Å². The molecule has 0 amide bonds. The lowest BCUT2D eigenvalue weighted by Crippen LogP contribution is -2.14. The maximum Gasteiger partial charge on any atom is 0.120 e. The average molecular weight is 320 g/mol. The van der Waals surface area contributed by atoms with Gasteiger partial charge in [-0.2, -0.15) is 0 Å². The Kier molecular flexibility index (Phi) is 4.27. The monoisotopic (exact) mass is 319 g/mol. The quantitative estimate of drug-likeness (QED) is 0.923. The molecule has 0 radical (unpaired) electrons. The zero-order valence-corrected chi connectivity index (χ0v) is 13.0. The highest BCUT2D eigenvalue weighted by atomic mass is 79.9. The number of aryl methyl sites for hydroxylation is 1. The first-order valence-corrected chi connectivity index (χ1v) is 6.99. The third-order valence-electron chi connectivity index (χ3n) is 3.52. The van der Waals surface area contributed by atoms with Gasteiger partial charge in [-0.15, -0.1) is 0 Å². The summed E-state index contributed by atoms with van der Waals surface area (Å²) >= 11 is 3.57. The topological polar surface area (TPSA) is 35.2 Å². The molecule has 2 aromatic carbocycles. The summed E-state index contributed by atoms with van der Waals surface area (Å²) in [5, 5.41) is 0. The Hall–Kier alpha value is -1.32. The van der Waals surface area contributed by atoms with E-state index in [0.29, 0.717) is 0 Å². The molecule has 1 atom stereocenters. The van der Waals surface area contributed by atoms with Gasteiger partial charge in [0.2, 0.25) is 0 Å². The highest BCUT2D eigenvalue weighted by Gasteiger charge is 2.15. The van der Waals surface area contributed by atoms with Crippen LogP contribution in [-0.2, 0) is 0 Å². The van der Waals surface area contributed by atoms with E-state index in [1.54, 1.807) is 7.11 Å². The minimum absolute atomic E-state index is 0.139. The molecule has 2 aromatic rings. The molecule has 0 saturated heterocycles. The minimum Gasteiger partial charge on any atom is -0.497 e. The second-order valence-electron chi connectivity index (χ2n) is 4.65. The number of benzene rings is 2. The predicted octanol–water partition coefficient (Wildman–Crippen LogP) is 4.12. The Balaban J connectivity index is 2.44. The van der Waals surface area contributed by atoms with Crippen LogP contribution in [-0.4, -0.2) is 7.11 Å². The maximum absolute atomic E-state index is 6.41. The van der Waals surface area contributed by atoms with Gasteiger partial charge in [0.25, 0.3) is 0 Å². The zero-order chi connectivity index (χ0) is 14.0. The molecule has 1 unspecified atom stereocenters. The van der Waals surface area contributed by atoms with Crippen molar-refractivity contribution in [3.8, 4) is 5.75 Å². The van der Waals surface area contributed by atoms with Crippen molar-refractivity contribution in [2.24, 2.45) is 5.73 Å².